The summed E-state index contributed by atoms with van der Waals surface area (Å²) in [6.45, 7) is 0. The van der Waals surface area contributed by atoms with Crippen LogP contribution in [0.1, 0.15) is 24.3 Å². The maximum Gasteiger partial charge on any atom is 0.445 e. The number of carbonyl (C=O) groups excluding carboxylic acids is 2. The molecular weight excluding hydrogens is 287 g/mol. The van der Waals surface area contributed by atoms with Crippen molar-refractivity contribution in [1.82, 2.24) is 10.2 Å². The number of nitrogens with one attached hydrogen (secondary N) is 1. The number of hydrogen-bond donors (Lipinski definition) is 1. The van der Waals surface area contributed by atoms with E-state index >= 15 is 0 Å². The van der Waals surface area contributed by atoms with Crippen LogP contribution >= 0.6 is 11.3 Å². The molecule has 1 N–H and O–H groups in total. The van der Waals surface area contributed by atoms with Crippen LogP contribution in [0.4, 0.5) is 18.3 Å². The summed E-state index contributed by atoms with van der Waals surface area (Å²) < 4.78 is 41.0. The molecule has 0 atom stereocenters. The van der Waals surface area contributed by atoms with E-state index in [0.29, 0.717) is 0 Å². The summed E-state index contributed by atoms with van der Waals surface area (Å²) in [6.07, 6.45) is -4.29. The van der Waals surface area contributed by atoms with Crippen LogP contribution in [-0.4, -0.2) is 29.2 Å². The minimum Gasteiger partial charge on any atom is -0.469 e. The number of amides is 1. The molecule has 0 saturated carbocycles. The number of methoxy groups -OCH3 is 1. The van der Waals surface area contributed by atoms with Crippen molar-refractivity contribution in [3.05, 3.63) is 5.01 Å². The summed E-state index contributed by atoms with van der Waals surface area (Å²) in [6, 6.07) is 0. The topological polar surface area (TPSA) is 81.2 Å². The van der Waals surface area contributed by atoms with Gasteiger partial charge >= 0.3 is 12.1 Å². The second-order valence-corrected chi connectivity index (χ2v) is 4.37. The van der Waals surface area contributed by atoms with Gasteiger partial charge in [-0.3, -0.25) is 9.59 Å². The molecule has 6 nitrogen and oxygen atoms in total. The first-order chi connectivity index (χ1) is 8.82. The average Bonchev–Trinajstić information content (AvgIpc) is 2.77. The minimum absolute atomic E-state index is 0.0178. The molecule has 0 fully saturated rings. The van der Waals surface area contributed by atoms with Gasteiger partial charge in [-0.1, -0.05) is 11.3 Å². The van der Waals surface area contributed by atoms with Crippen LogP contribution in [0, 0.1) is 0 Å². The van der Waals surface area contributed by atoms with E-state index in [2.05, 4.69) is 20.3 Å². The van der Waals surface area contributed by atoms with Gasteiger partial charge < -0.3 is 10.1 Å². The fraction of sp³-hybridized carbons (Fsp3) is 0.556. The van der Waals surface area contributed by atoms with E-state index in [-0.39, 0.29) is 35.7 Å². The number of alkyl halides is 3. The van der Waals surface area contributed by atoms with Crippen LogP contribution < -0.4 is 5.32 Å². The smallest absolute Gasteiger partial charge is 0.445 e. The Hall–Kier alpha value is -1.71. The summed E-state index contributed by atoms with van der Waals surface area (Å²) in [5.41, 5.74) is 0. The molecule has 1 heterocycles. The van der Waals surface area contributed by atoms with E-state index in [4.69, 9.17) is 0 Å². The Morgan fingerprint density at radius 1 is 1.32 bits per heavy atom. The first kappa shape index (κ1) is 15.3. The van der Waals surface area contributed by atoms with Gasteiger partial charge in [0.2, 0.25) is 16.0 Å². The molecule has 1 aromatic heterocycles. The Morgan fingerprint density at radius 2 is 2.00 bits per heavy atom. The van der Waals surface area contributed by atoms with Crippen LogP contribution in [0.5, 0.6) is 0 Å². The number of rotatable bonds is 5. The molecular formula is C9H10F3N3O3S. The van der Waals surface area contributed by atoms with Crippen molar-refractivity contribution in [3.8, 4) is 0 Å². The lowest BCUT2D eigenvalue weighted by Gasteiger charge is -2.01. The molecule has 0 spiro atoms. The quantitative estimate of drug-likeness (QED) is 0.839. The minimum atomic E-state index is -4.58. The Balaban J connectivity index is 2.40. The van der Waals surface area contributed by atoms with Gasteiger partial charge in [-0.25, -0.2) is 0 Å². The third kappa shape index (κ3) is 5.20. The fourth-order valence-corrected chi connectivity index (χ4v) is 1.69. The van der Waals surface area contributed by atoms with E-state index in [9.17, 15) is 22.8 Å². The lowest BCUT2D eigenvalue weighted by atomic mass is 10.2. The molecule has 0 bridgehead atoms. The second kappa shape index (κ2) is 6.45. The van der Waals surface area contributed by atoms with Gasteiger partial charge in [-0.05, 0) is 6.42 Å². The van der Waals surface area contributed by atoms with Crippen molar-refractivity contribution in [1.29, 1.82) is 0 Å². The molecule has 10 heteroatoms. The number of esters is 1. The third-order valence-corrected chi connectivity index (χ3v) is 2.81. The molecule has 0 radical (unpaired) electrons. The van der Waals surface area contributed by atoms with Crippen molar-refractivity contribution in [2.75, 3.05) is 12.4 Å². The van der Waals surface area contributed by atoms with E-state index in [1.807, 2.05) is 0 Å². The fourth-order valence-electron chi connectivity index (χ4n) is 1.07. The number of anilines is 1. The number of nitrogens with zero attached hydrogens (tertiary/aromatic N) is 2. The van der Waals surface area contributed by atoms with Gasteiger partial charge in [-0.2, -0.15) is 13.2 Å². The molecule has 19 heavy (non-hydrogen) atoms. The van der Waals surface area contributed by atoms with E-state index in [1.165, 1.54) is 7.11 Å². The number of aromatic nitrogens is 2. The zero-order chi connectivity index (χ0) is 14.5. The van der Waals surface area contributed by atoms with Crippen molar-refractivity contribution in [2.24, 2.45) is 0 Å². The standard InChI is InChI=1S/C9H10F3N3O3S/c1-18-6(17)4-2-3-5(16)13-8-15-14-7(19-8)9(10,11)12/h2-4H2,1H3,(H,13,15,16). The van der Waals surface area contributed by atoms with Crippen LogP contribution in [0.25, 0.3) is 0 Å². The van der Waals surface area contributed by atoms with Gasteiger partial charge in [0.1, 0.15) is 0 Å². The van der Waals surface area contributed by atoms with Crippen molar-refractivity contribution in [3.63, 3.8) is 0 Å². The van der Waals surface area contributed by atoms with E-state index in [0.717, 1.165) is 0 Å². The highest BCUT2D eigenvalue weighted by molar-refractivity contribution is 7.15. The SMILES string of the molecule is COC(=O)CCCC(=O)Nc1nnc(C(F)(F)F)s1. The van der Waals surface area contributed by atoms with Crippen LogP contribution in [0.15, 0.2) is 0 Å². The van der Waals surface area contributed by atoms with E-state index < -0.39 is 23.1 Å². The summed E-state index contributed by atoms with van der Waals surface area (Å²) in [7, 11) is 1.22. The highest BCUT2D eigenvalue weighted by Gasteiger charge is 2.35. The number of halogens is 3. The molecule has 0 aromatic carbocycles. The molecule has 0 aliphatic heterocycles. The zero-order valence-electron chi connectivity index (χ0n) is 9.78. The highest BCUT2D eigenvalue weighted by Crippen LogP contribution is 2.32. The summed E-state index contributed by atoms with van der Waals surface area (Å²) in [4.78, 5) is 22.1. The number of ether oxygens (including phenoxy) is 1. The molecule has 106 valence electrons. The first-order valence-electron chi connectivity index (χ1n) is 5.10. The third-order valence-electron chi connectivity index (χ3n) is 1.93. The summed E-state index contributed by atoms with van der Waals surface area (Å²) in [5.74, 6) is -0.989. The molecule has 0 unspecified atom stereocenters. The number of hydrogen-bond acceptors (Lipinski definition) is 6. The molecule has 1 rings (SSSR count). The highest BCUT2D eigenvalue weighted by atomic mass is 32.1. The maximum atomic E-state index is 12.2. The van der Waals surface area contributed by atoms with Crippen LogP contribution in [0.2, 0.25) is 0 Å². The Morgan fingerprint density at radius 3 is 2.53 bits per heavy atom. The van der Waals surface area contributed by atoms with Gasteiger partial charge in [0.15, 0.2) is 0 Å². The largest absolute Gasteiger partial charge is 0.469 e. The van der Waals surface area contributed by atoms with Crippen molar-refractivity contribution >= 4 is 28.3 Å². The predicted molar refractivity (Wildman–Crippen MR) is 59.4 cm³/mol. The van der Waals surface area contributed by atoms with Gasteiger partial charge in [0.25, 0.3) is 0 Å². The van der Waals surface area contributed by atoms with E-state index in [1.54, 1.807) is 0 Å². The predicted octanol–water partition coefficient (Wildman–Crippen LogP) is 1.84. The van der Waals surface area contributed by atoms with Gasteiger partial charge in [0.05, 0.1) is 7.11 Å². The molecule has 0 aliphatic rings. The van der Waals surface area contributed by atoms with Crippen LogP contribution in [0.3, 0.4) is 0 Å². The zero-order valence-corrected chi connectivity index (χ0v) is 10.6. The van der Waals surface area contributed by atoms with Gasteiger partial charge in [-0.15, -0.1) is 10.2 Å². The normalized spacial score (nSPS) is 11.2. The first-order valence-corrected chi connectivity index (χ1v) is 5.92. The van der Waals surface area contributed by atoms with Crippen molar-refractivity contribution in [2.45, 2.75) is 25.4 Å². The number of carbonyl (C=O) groups is 2. The van der Waals surface area contributed by atoms with Crippen LogP contribution in [-0.2, 0) is 20.5 Å². The molecule has 0 aliphatic carbocycles. The van der Waals surface area contributed by atoms with Gasteiger partial charge in [0, 0.05) is 12.8 Å². The summed E-state index contributed by atoms with van der Waals surface area (Å²) in [5, 5.41) is 6.95. The lowest BCUT2D eigenvalue weighted by molar-refractivity contribution is -0.141. The average molecular weight is 297 g/mol. The molecule has 1 amide bonds. The molecule has 0 saturated heterocycles. The Kier molecular flexibility index (Phi) is 5.21. The second-order valence-electron chi connectivity index (χ2n) is 3.39. The monoisotopic (exact) mass is 297 g/mol. The Labute approximate surface area is 110 Å². The van der Waals surface area contributed by atoms with Crippen molar-refractivity contribution < 1.29 is 27.5 Å². The Bertz CT molecular complexity index is 461. The molecule has 1 aromatic rings. The maximum absolute atomic E-state index is 12.2. The summed E-state index contributed by atoms with van der Waals surface area (Å²) >= 11 is 0.242. The lowest BCUT2D eigenvalue weighted by Crippen LogP contribution is -2.12.